The second kappa shape index (κ2) is 14.7. The highest BCUT2D eigenvalue weighted by Gasteiger charge is 2.32. The number of benzene rings is 4. The summed E-state index contributed by atoms with van der Waals surface area (Å²) in [5, 5.41) is 0. The lowest BCUT2D eigenvalue weighted by Gasteiger charge is -2.29. The maximum atomic E-state index is 13.5. The van der Waals surface area contributed by atoms with E-state index in [4.69, 9.17) is 14.7 Å². The Morgan fingerprint density at radius 3 is 1.80 bits per heavy atom. The molecule has 0 aromatic heterocycles. The van der Waals surface area contributed by atoms with Gasteiger partial charge in [-0.25, -0.2) is 0 Å². The lowest BCUT2D eigenvalue weighted by atomic mass is 9.87. The molecule has 4 aromatic carbocycles. The van der Waals surface area contributed by atoms with Gasteiger partial charge < -0.3 is 10.5 Å². The van der Waals surface area contributed by atoms with Crippen LogP contribution in [0.5, 0.6) is 0 Å². The van der Waals surface area contributed by atoms with Crippen LogP contribution in [0.2, 0.25) is 0 Å². The second-order valence-corrected chi connectivity index (χ2v) is 12.0. The van der Waals surface area contributed by atoms with Gasteiger partial charge in [0.2, 0.25) is 0 Å². The maximum absolute atomic E-state index is 13.5. The number of hydrogen-bond acceptors (Lipinski definition) is 6. The van der Waals surface area contributed by atoms with Crippen molar-refractivity contribution in [3.05, 3.63) is 138 Å². The Labute approximate surface area is 243 Å². The smallest absolute Gasteiger partial charge is 0.306 e. The molecule has 0 bridgehead atoms. The normalized spacial score (nSPS) is 13.7. The fourth-order valence-corrected chi connectivity index (χ4v) is 5.94. The zero-order valence-corrected chi connectivity index (χ0v) is 24.1. The fourth-order valence-electron chi connectivity index (χ4n) is 4.80. The van der Waals surface area contributed by atoms with Gasteiger partial charge in [-0.1, -0.05) is 109 Å². The number of rotatable bonds is 14. The van der Waals surface area contributed by atoms with Crippen LogP contribution in [-0.4, -0.2) is 26.5 Å². The molecule has 0 fully saturated rings. The van der Waals surface area contributed by atoms with Crippen molar-refractivity contribution in [2.24, 2.45) is 11.7 Å². The fraction of sp³-hybridized carbons (Fsp3) is 0.265. The summed E-state index contributed by atoms with van der Waals surface area (Å²) in [6, 6.07) is 35.0. The zero-order chi connectivity index (χ0) is 29.1. The standard InChI is InChI=1S/C34H37NO5S/c1-26-17-19-32(20-18-26)41(37,38)40-33(24-31(35)22-28-13-7-3-8-14-28)30(21-27-11-5-2-6-12-27)23-34(36)39-25-29-15-9-4-10-16-29/h2-20,30-31,33H,21-25,35H2,1H3/t30-,31+,33?/m1/s1. The van der Waals surface area contributed by atoms with E-state index in [0.717, 1.165) is 22.3 Å². The van der Waals surface area contributed by atoms with E-state index in [1.165, 1.54) is 12.1 Å². The van der Waals surface area contributed by atoms with E-state index in [2.05, 4.69) is 0 Å². The van der Waals surface area contributed by atoms with Crippen LogP contribution in [0.1, 0.15) is 35.1 Å². The molecule has 2 N–H and O–H groups in total. The molecule has 1 unspecified atom stereocenters. The van der Waals surface area contributed by atoms with Gasteiger partial charge >= 0.3 is 5.97 Å². The molecule has 0 aliphatic heterocycles. The number of carbonyl (C=O) groups excluding carboxylic acids is 1. The highest BCUT2D eigenvalue weighted by molar-refractivity contribution is 7.86. The predicted octanol–water partition coefficient (Wildman–Crippen LogP) is 6.02. The molecule has 0 aliphatic rings. The first-order valence-corrected chi connectivity index (χ1v) is 15.2. The molecule has 0 heterocycles. The minimum Gasteiger partial charge on any atom is -0.461 e. The van der Waals surface area contributed by atoms with Gasteiger partial charge in [0, 0.05) is 12.0 Å². The van der Waals surface area contributed by atoms with E-state index in [1.807, 2.05) is 97.9 Å². The highest BCUT2D eigenvalue weighted by Crippen LogP contribution is 2.28. The molecule has 6 nitrogen and oxygen atoms in total. The third kappa shape index (κ3) is 9.67. The van der Waals surface area contributed by atoms with Gasteiger partial charge in [0.15, 0.2) is 0 Å². The first-order valence-electron chi connectivity index (χ1n) is 13.8. The third-order valence-electron chi connectivity index (χ3n) is 6.97. The molecule has 3 atom stereocenters. The molecule has 0 saturated carbocycles. The summed E-state index contributed by atoms with van der Waals surface area (Å²) in [6.07, 6.45) is 0.330. The van der Waals surface area contributed by atoms with Crippen LogP contribution in [0.15, 0.2) is 120 Å². The number of hydrogen-bond donors (Lipinski definition) is 1. The highest BCUT2D eigenvalue weighted by atomic mass is 32.2. The molecule has 4 aromatic rings. The van der Waals surface area contributed by atoms with Crippen molar-refractivity contribution < 1.29 is 22.1 Å². The van der Waals surface area contributed by atoms with Gasteiger partial charge in [-0.05, 0) is 55.0 Å². The molecule has 41 heavy (non-hydrogen) atoms. The minimum absolute atomic E-state index is 0.0200. The monoisotopic (exact) mass is 571 g/mol. The summed E-state index contributed by atoms with van der Waals surface area (Å²) < 4.78 is 38.5. The molecule has 0 radical (unpaired) electrons. The lowest BCUT2D eigenvalue weighted by molar-refractivity contribution is -0.147. The molecule has 4 rings (SSSR count). The molecular formula is C34H37NO5S. The third-order valence-corrected chi connectivity index (χ3v) is 8.32. The van der Waals surface area contributed by atoms with E-state index in [0.29, 0.717) is 12.8 Å². The second-order valence-electron chi connectivity index (χ2n) is 10.4. The summed E-state index contributed by atoms with van der Waals surface area (Å²) in [4.78, 5) is 13.2. The van der Waals surface area contributed by atoms with Crippen molar-refractivity contribution in [3.8, 4) is 0 Å². The zero-order valence-electron chi connectivity index (χ0n) is 23.3. The van der Waals surface area contributed by atoms with Crippen molar-refractivity contribution in [2.45, 2.75) is 56.3 Å². The maximum Gasteiger partial charge on any atom is 0.306 e. The average Bonchev–Trinajstić information content (AvgIpc) is 2.97. The number of ether oxygens (including phenoxy) is 1. The Kier molecular flexibility index (Phi) is 10.8. The molecule has 7 heteroatoms. The van der Waals surface area contributed by atoms with Crippen LogP contribution < -0.4 is 5.73 Å². The van der Waals surface area contributed by atoms with Gasteiger partial charge in [0.05, 0.1) is 17.4 Å². The van der Waals surface area contributed by atoms with E-state index in [1.54, 1.807) is 12.1 Å². The number of esters is 1. The Morgan fingerprint density at radius 2 is 1.24 bits per heavy atom. The van der Waals surface area contributed by atoms with E-state index >= 15 is 0 Å². The molecular weight excluding hydrogens is 534 g/mol. The van der Waals surface area contributed by atoms with Crippen LogP contribution in [-0.2, 0) is 43.3 Å². The van der Waals surface area contributed by atoms with Crippen LogP contribution >= 0.6 is 0 Å². The quantitative estimate of drug-likeness (QED) is 0.147. The molecule has 0 amide bonds. The van der Waals surface area contributed by atoms with Crippen molar-refractivity contribution >= 4 is 16.1 Å². The number of nitrogens with two attached hydrogens (primary N) is 1. The Bertz CT molecular complexity index is 1460. The lowest BCUT2D eigenvalue weighted by Crippen LogP contribution is -2.37. The van der Waals surface area contributed by atoms with Crippen molar-refractivity contribution in [3.63, 3.8) is 0 Å². The van der Waals surface area contributed by atoms with Crippen LogP contribution in [0.3, 0.4) is 0 Å². The summed E-state index contributed by atoms with van der Waals surface area (Å²) in [7, 11) is -4.13. The van der Waals surface area contributed by atoms with Gasteiger partial charge in [0.25, 0.3) is 10.1 Å². The first-order chi connectivity index (χ1) is 19.8. The molecule has 214 valence electrons. The largest absolute Gasteiger partial charge is 0.461 e. The van der Waals surface area contributed by atoms with E-state index in [9.17, 15) is 13.2 Å². The van der Waals surface area contributed by atoms with E-state index < -0.39 is 34.2 Å². The van der Waals surface area contributed by atoms with Gasteiger partial charge in [-0.2, -0.15) is 8.42 Å². The number of carbonyl (C=O) groups is 1. The van der Waals surface area contributed by atoms with Crippen LogP contribution in [0, 0.1) is 12.8 Å². The average molecular weight is 572 g/mol. The number of aryl methyl sites for hydroxylation is 1. The summed E-state index contributed by atoms with van der Waals surface area (Å²) in [5.41, 5.74) is 10.4. The van der Waals surface area contributed by atoms with E-state index in [-0.39, 0.29) is 24.3 Å². The van der Waals surface area contributed by atoms with Crippen LogP contribution in [0.25, 0.3) is 0 Å². The topological polar surface area (TPSA) is 95.7 Å². The Balaban J connectivity index is 1.60. The van der Waals surface area contributed by atoms with Crippen molar-refractivity contribution in [2.75, 3.05) is 0 Å². The SMILES string of the molecule is Cc1ccc(S(=O)(=O)OC(C[C@@H](N)Cc2ccccc2)[C@@H](CC(=O)OCc2ccccc2)Cc2ccccc2)cc1. The molecule has 0 spiro atoms. The predicted molar refractivity (Wildman–Crippen MR) is 160 cm³/mol. The minimum atomic E-state index is -4.13. The first kappa shape index (κ1) is 30.2. The summed E-state index contributed by atoms with van der Waals surface area (Å²) in [5.74, 6) is -0.921. The molecule has 0 saturated heterocycles. The summed E-state index contributed by atoms with van der Waals surface area (Å²) in [6.45, 7) is 2.03. The van der Waals surface area contributed by atoms with Crippen molar-refractivity contribution in [1.82, 2.24) is 0 Å². The van der Waals surface area contributed by atoms with Gasteiger partial charge in [0.1, 0.15) is 6.61 Å². The van der Waals surface area contributed by atoms with Gasteiger partial charge in [-0.15, -0.1) is 0 Å². The molecule has 0 aliphatic carbocycles. The Hall–Kier alpha value is -3.78. The summed E-state index contributed by atoms with van der Waals surface area (Å²) >= 11 is 0. The van der Waals surface area contributed by atoms with Crippen molar-refractivity contribution in [1.29, 1.82) is 0 Å². The Morgan fingerprint density at radius 1 is 0.732 bits per heavy atom. The van der Waals surface area contributed by atoms with Crippen LogP contribution in [0.4, 0.5) is 0 Å². The van der Waals surface area contributed by atoms with Gasteiger partial charge in [-0.3, -0.25) is 8.98 Å².